The molecular weight excluding hydrogens is 475 g/mol. The average molecular weight is 499 g/mol. The summed E-state index contributed by atoms with van der Waals surface area (Å²) in [5.41, 5.74) is 4.56. The zero-order valence-electron chi connectivity index (χ0n) is 18.6. The first-order valence-electron chi connectivity index (χ1n) is 10.5. The maximum Gasteiger partial charge on any atom is 0.271 e. The number of nitrogens with one attached hydrogen (secondary N) is 1. The van der Waals surface area contributed by atoms with E-state index < -0.39 is 0 Å². The number of hydrogen-bond acceptors (Lipinski definition) is 5. The summed E-state index contributed by atoms with van der Waals surface area (Å²) in [7, 11) is 0. The second-order valence-electron chi connectivity index (χ2n) is 7.00. The van der Waals surface area contributed by atoms with Crippen molar-refractivity contribution in [1.29, 1.82) is 0 Å². The van der Waals surface area contributed by atoms with E-state index in [2.05, 4.69) is 17.1 Å². The number of carbonyl (C=O) groups is 1. The van der Waals surface area contributed by atoms with E-state index in [1.54, 1.807) is 54.6 Å². The second kappa shape index (κ2) is 12.7. The van der Waals surface area contributed by atoms with Gasteiger partial charge in [0.15, 0.2) is 11.5 Å². The highest BCUT2D eigenvalue weighted by molar-refractivity contribution is 6.32. The Hall–Kier alpha value is -3.48. The van der Waals surface area contributed by atoms with Crippen LogP contribution in [0.15, 0.2) is 78.4 Å². The van der Waals surface area contributed by atoms with E-state index in [1.807, 2.05) is 19.1 Å². The third-order valence-corrected chi connectivity index (χ3v) is 5.05. The smallest absolute Gasteiger partial charge is 0.271 e. The first-order chi connectivity index (χ1) is 16.5. The normalized spacial score (nSPS) is 10.7. The third-order valence-electron chi connectivity index (χ3n) is 4.51. The molecule has 1 amide bonds. The largest absolute Gasteiger partial charge is 0.490 e. The van der Waals surface area contributed by atoms with Crippen molar-refractivity contribution >= 4 is 35.3 Å². The molecule has 3 aromatic rings. The first kappa shape index (κ1) is 25.1. The molecule has 0 heterocycles. The van der Waals surface area contributed by atoms with Crippen molar-refractivity contribution in [2.75, 3.05) is 13.2 Å². The lowest BCUT2D eigenvalue weighted by molar-refractivity contribution is 0.0954. The minimum Gasteiger partial charge on any atom is -0.490 e. The number of rotatable bonds is 11. The Labute approximate surface area is 208 Å². The molecule has 0 unspecified atom stereocenters. The van der Waals surface area contributed by atoms with Crippen LogP contribution in [0.1, 0.15) is 28.4 Å². The van der Waals surface area contributed by atoms with Crippen LogP contribution in [0.25, 0.3) is 0 Å². The Morgan fingerprint density at radius 3 is 2.44 bits per heavy atom. The van der Waals surface area contributed by atoms with E-state index in [0.717, 1.165) is 5.56 Å². The molecule has 6 nitrogen and oxygen atoms in total. The van der Waals surface area contributed by atoms with Crippen LogP contribution in [-0.2, 0) is 6.61 Å². The number of amides is 1. The molecule has 0 aliphatic carbocycles. The minimum atomic E-state index is -0.388. The van der Waals surface area contributed by atoms with Crippen LogP contribution in [0.2, 0.25) is 10.0 Å². The monoisotopic (exact) mass is 498 g/mol. The molecule has 0 saturated heterocycles. The molecule has 0 spiro atoms. The number of carbonyl (C=O) groups excluding carboxylic acids is 1. The van der Waals surface area contributed by atoms with Crippen molar-refractivity contribution in [2.24, 2.45) is 5.10 Å². The van der Waals surface area contributed by atoms with Gasteiger partial charge >= 0.3 is 0 Å². The van der Waals surface area contributed by atoms with E-state index in [4.69, 9.17) is 37.4 Å². The van der Waals surface area contributed by atoms with Gasteiger partial charge in [-0.25, -0.2) is 5.43 Å². The Kier molecular flexibility index (Phi) is 9.38. The van der Waals surface area contributed by atoms with E-state index in [-0.39, 0.29) is 5.91 Å². The maximum atomic E-state index is 12.5. The summed E-state index contributed by atoms with van der Waals surface area (Å²) >= 11 is 12.2. The van der Waals surface area contributed by atoms with Gasteiger partial charge in [0.25, 0.3) is 5.91 Å². The molecular formula is C26H24Cl2N2O4. The van der Waals surface area contributed by atoms with Crippen molar-refractivity contribution in [2.45, 2.75) is 13.5 Å². The van der Waals surface area contributed by atoms with Gasteiger partial charge < -0.3 is 14.2 Å². The lowest BCUT2D eigenvalue weighted by Crippen LogP contribution is -2.17. The standard InChI is InChI=1S/C26H24Cl2N2O4/c1-3-13-33-24-12-8-20(15-25(24)32-4-2)26(31)30-29-16-19-7-11-23(22(28)14-19)34-17-18-5-9-21(27)10-6-18/h3,5-12,14-16H,1,4,13,17H2,2H3,(H,30,31)/b29-16+. The number of ether oxygens (including phenoxy) is 3. The van der Waals surface area contributed by atoms with E-state index in [9.17, 15) is 4.79 Å². The number of hydrogen-bond donors (Lipinski definition) is 1. The zero-order chi connectivity index (χ0) is 24.3. The van der Waals surface area contributed by atoms with Crippen LogP contribution in [0, 0.1) is 0 Å². The van der Waals surface area contributed by atoms with E-state index in [1.165, 1.54) is 6.21 Å². The van der Waals surface area contributed by atoms with Gasteiger partial charge in [-0.2, -0.15) is 5.10 Å². The first-order valence-corrected chi connectivity index (χ1v) is 11.3. The number of nitrogens with zero attached hydrogens (tertiary/aromatic N) is 1. The fraction of sp³-hybridized carbons (Fsp3) is 0.154. The molecule has 0 aliphatic heterocycles. The molecule has 0 fully saturated rings. The predicted molar refractivity (Wildman–Crippen MR) is 136 cm³/mol. The van der Waals surface area contributed by atoms with Crippen LogP contribution in [0.4, 0.5) is 0 Å². The summed E-state index contributed by atoms with van der Waals surface area (Å²) in [4.78, 5) is 12.5. The topological polar surface area (TPSA) is 69.2 Å². The summed E-state index contributed by atoms with van der Waals surface area (Å²) in [5.74, 6) is 1.17. The molecule has 3 rings (SSSR count). The minimum absolute atomic E-state index is 0.337. The summed E-state index contributed by atoms with van der Waals surface area (Å²) in [6, 6.07) is 17.5. The Bertz CT molecular complexity index is 1160. The Morgan fingerprint density at radius 1 is 0.971 bits per heavy atom. The molecule has 1 N–H and O–H groups in total. The van der Waals surface area contributed by atoms with Crippen molar-refractivity contribution in [3.05, 3.63) is 100 Å². The van der Waals surface area contributed by atoms with Gasteiger partial charge in [-0.3, -0.25) is 4.79 Å². The maximum absolute atomic E-state index is 12.5. The highest BCUT2D eigenvalue weighted by Gasteiger charge is 2.11. The SMILES string of the molecule is C=CCOc1ccc(C(=O)N/N=C/c2ccc(OCc3ccc(Cl)cc3)c(Cl)c2)cc1OCC. The number of hydrazone groups is 1. The molecule has 0 radical (unpaired) electrons. The summed E-state index contributed by atoms with van der Waals surface area (Å²) in [6.07, 6.45) is 3.13. The van der Waals surface area contributed by atoms with Crippen LogP contribution in [0.3, 0.4) is 0 Å². The second-order valence-corrected chi connectivity index (χ2v) is 7.84. The molecule has 8 heteroatoms. The third kappa shape index (κ3) is 7.27. The van der Waals surface area contributed by atoms with Crippen molar-refractivity contribution in [1.82, 2.24) is 5.43 Å². The summed E-state index contributed by atoms with van der Waals surface area (Å²) in [5, 5.41) is 5.12. The summed E-state index contributed by atoms with van der Waals surface area (Å²) in [6.45, 7) is 6.62. The number of halogens is 2. The molecule has 0 aromatic heterocycles. The Balaban J connectivity index is 1.59. The predicted octanol–water partition coefficient (Wildman–Crippen LogP) is 6.30. The molecule has 0 saturated carbocycles. The lowest BCUT2D eigenvalue weighted by Gasteiger charge is -2.12. The fourth-order valence-electron chi connectivity index (χ4n) is 2.87. The van der Waals surface area contributed by atoms with Crippen LogP contribution >= 0.6 is 23.2 Å². The molecule has 176 valence electrons. The Morgan fingerprint density at radius 2 is 1.74 bits per heavy atom. The van der Waals surface area contributed by atoms with Gasteiger partial charge in [-0.15, -0.1) is 0 Å². The van der Waals surface area contributed by atoms with Gasteiger partial charge in [-0.1, -0.05) is 48.0 Å². The van der Waals surface area contributed by atoms with Crippen LogP contribution in [-0.4, -0.2) is 25.3 Å². The van der Waals surface area contributed by atoms with Crippen molar-refractivity contribution in [3.63, 3.8) is 0 Å². The van der Waals surface area contributed by atoms with Crippen LogP contribution < -0.4 is 19.6 Å². The molecule has 0 aliphatic rings. The van der Waals surface area contributed by atoms with Crippen LogP contribution in [0.5, 0.6) is 17.2 Å². The average Bonchev–Trinajstić information content (AvgIpc) is 2.84. The highest BCUT2D eigenvalue weighted by atomic mass is 35.5. The quantitative estimate of drug-likeness (QED) is 0.191. The van der Waals surface area contributed by atoms with Gasteiger partial charge in [0.2, 0.25) is 0 Å². The molecule has 34 heavy (non-hydrogen) atoms. The highest BCUT2D eigenvalue weighted by Crippen LogP contribution is 2.29. The van der Waals surface area contributed by atoms with E-state index in [0.29, 0.717) is 58.2 Å². The molecule has 3 aromatic carbocycles. The summed E-state index contributed by atoms with van der Waals surface area (Å²) < 4.78 is 16.9. The van der Waals surface area contributed by atoms with Crippen molar-refractivity contribution < 1.29 is 19.0 Å². The fourth-order valence-corrected chi connectivity index (χ4v) is 3.24. The van der Waals surface area contributed by atoms with Crippen molar-refractivity contribution in [3.8, 4) is 17.2 Å². The van der Waals surface area contributed by atoms with Gasteiger partial charge in [-0.05, 0) is 66.6 Å². The van der Waals surface area contributed by atoms with Gasteiger partial charge in [0, 0.05) is 10.6 Å². The lowest BCUT2D eigenvalue weighted by atomic mass is 10.2. The van der Waals surface area contributed by atoms with Gasteiger partial charge in [0.05, 0.1) is 17.8 Å². The van der Waals surface area contributed by atoms with E-state index >= 15 is 0 Å². The molecule has 0 atom stereocenters. The zero-order valence-corrected chi connectivity index (χ0v) is 20.1. The molecule has 0 bridgehead atoms. The number of benzene rings is 3. The van der Waals surface area contributed by atoms with Gasteiger partial charge in [0.1, 0.15) is 19.0 Å².